The fourth-order valence-electron chi connectivity index (χ4n) is 2.69. The Morgan fingerprint density at radius 3 is 2.67 bits per heavy atom. The monoisotopic (exact) mass is 210 g/mol. The Hall–Kier alpha value is -0.0800. The Morgan fingerprint density at radius 2 is 2.07 bits per heavy atom. The van der Waals surface area contributed by atoms with E-state index in [1.807, 2.05) is 0 Å². The second-order valence-electron chi connectivity index (χ2n) is 5.65. The van der Waals surface area contributed by atoms with Crippen LogP contribution in [0, 0.1) is 11.8 Å². The highest BCUT2D eigenvalue weighted by molar-refractivity contribution is 4.82. The first-order chi connectivity index (χ1) is 7.25. The summed E-state index contributed by atoms with van der Waals surface area (Å²) in [5, 5.41) is 7.26. The molecule has 2 N–H and O–H groups in total. The van der Waals surface area contributed by atoms with E-state index < -0.39 is 0 Å². The zero-order chi connectivity index (χ0) is 10.7. The summed E-state index contributed by atoms with van der Waals surface area (Å²) in [6, 6.07) is 1.46. The molecule has 3 atom stereocenters. The molecule has 1 saturated heterocycles. The molecular weight excluding hydrogens is 184 g/mol. The van der Waals surface area contributed by atoms with Crippen LogP contribution in [0.15, 0.2) is 0 Å². The lowest BCUT2D eigenvalue weighted by molar-refractivity contribution is 0.389. The third-order valence-corrected chi connectivity index (χ3v) is 4.02. The lowest BCUT2D eigenvalue weighted by atomic mass is 10.0. The minimum atomic E-state index is 0.682. The van der Waals surface area contributed by atoms with Crippen molar-refractivity contribution in [3.05, 3.63) is 0 Å². The van der Waals surface area contributed by atoms with Crippen LogP contribution in [0.2, 0.25) is 0 Å². The van der Waals surface area contributed by atoms with Gasteiger partial charge in [-0.15, -0.1) is 0 Å². The molecule has 2 aliphatic rings. The van der Waals surface area contributed by atoms with Gasteiger partial charge in [-0.3, -0.25) is 0 Å². The molecule has 0 bridgehead atoms. The first-order valence-electron chi connectivity index (χ1n) is 6.72. The van der Waals surface area contributed by atoms with Crippen molar-refractivity contribution in [2.45, 2.75) is 58.0 Å². The summed E-state index contributed by atoms with van der Waals surface area (Å²) in [4.78, 5) is 0. The minimum Gasteiger partial charge on any atom is -0.314 e. The van der Waals surface area contributed by atoms with Gasteiger partial charge in [0.1, 0.15) is 0 Å². The normalized spacial score (nSPS) is 30.4. The first kappa shape index (κ1) is 11.4. The van der Waals surface area contributed by atoms with Gasteiger partial charge in [0.05, 0.1) is 0 Å². The van der Waals surface area contributed by atoms with Crippen molar-refractivity contribution in [2.24, 2.45) is 11.8 Å². The lowest BCUT2D eigenvalue weighted by Gasteiger charge is -2.20. The van der Waals surface area contributed by atoms with E-state index >= 15 is 0 Å². The Morgan fingerprint density at radius 1 is 1.27 bits per heavy atom. The van der Waals surface area contributed by atoms with E-state index in [1.54, 1.807) is 0 Å². The molecule has 0 aromatic heterocycles. The maximum atomic E-state index is 3.69. The smallest absolute Gasteiger partial charge is 0.00822 e. The highest BCUT2D eigenvalue weighted by Crippen LogP contribution is 2.36. The summed E-state index contributed by atoms with van der Waals surface area (Å²) < 4.78 is 0. The van der Waals surface area contributed by atoms with Gasteiger partial charge in [0.2, 0.25) is 0 Å². The molecule has 1 saturated carbocycles. The Kier molecular flexibility index (Phi) is 4.04. The number of nitrogens with one attached hydrogen (secondary N) is 2. The zero-order valence-corrected chi connectivity index (χ0v) is 10.3. The number of rotatable bonds is 6. The van der Waals surface area contributed by atoms with Crippen molar-refractivity contribution in [1.29, 1.82) is 0 Å². The van der Waals surface area contributed by atoms with E-state index in [4.69, 9.17) is 0 Å². The molecule has 1 heterocycles. The molecule has 0 radical (unpaired) electrons. The topological polar surface area (TPSA) is 24.1 Å². The number of hydrogen-bond donors (Lipinski definition) is 2. The molecule has 1 aliphatic carbocycles. The van der Waals surface area contributed by atoms with Crippen molar-refractivity contribution in [3.63, 3.8) is 0 Å². The molecule has 0 aromatic carbocycles. The standard InChI is InChI=1S/C13H26N2/c1-10(12-5-6-12)9-15-11(2)8-13-4-3-7-14-13/h10-15H,3-9H2,1-2H3. The molecule has 88 valence electrons. The van der Waals surface area contributed by atoms with Crippen LogP contribution < -0.4 is 10.6 Å². The fourth-order valence-corrected chi connectivity index (χ4v) is 2.69. The van der Waals surface area contributed by atoms with E-state index in [-0.39, 0.29) is 0 Å². The van der Waals surface area contributed by atoms with Gasteiger partial charge in [0, 0.05) is 12.1 Å². The molecule has 1 aliphatic heterocycles. The van der Waals surface area contributed by atoms with E-state index in [1.165, 1.54) is 45.2 Å². The number of hydrogen-bond acceptors (Lipinski definition) is 2. The van der Waals surface area contributed by atoms with Gasteiger partial charge in [-0.1, -0.05) is 6.92 Å². The molecular formula is C13H26N2. The molecule has 0 amide bonds. The highest BCUT2D eigenvalue weighted by atomic mass is 15.0. The van der Waals surface area contributed by atoms with Gasteiger partial charge in [0.15, 0.2) is 0 Å². The van der Waals surface area contributed by atoms with Gasteiger partial charge in [-0.05, 0) is 64.0 Å². The van der Waals surface area contributed by atoms with Crippen molar-refractivity contribution in [3.8, 4) is 0 Å². The average Bonchev–Trinajstić information content (AvgIpc) is 2.95. The zero-order valence-electron chi connectivity index (χ0n) is 10.3. The molecule has 15 heavy (non-hydrogen) atoms. The van der Waals surface area contributed by atoms with Crippen LogP contribution in [-0.4, -0.2) is 25.2 Å². The third kappa shape index (κ3) is 3.76. The second-order valence-corrected chi connectivity index (χ2v) is 5.65. The maximum Gasteiger partial charge on any atom is 0.00822 e. The Bertz CT molecular complexity index is 183. The van der Waals surface area contributed by atoms with Crippen LogP contribution in [0.3, 0.4) is 0 Å². The van der Waals surface area contributed by atoms with Gasteiger partial charge in [-0.2, -0.15) is 0 Å². The third-order valence-electron chi connectivity index (χ3n) is 4.02. The predicted molar refractivity (Wildman–Crippen MR) is 65.0 cm³/mol. The molecule has 2 fully saturated rings. The van der Waals surface area contributed by atoms with Crippen LogP contribution in [0.25, 0.3) is 0 Å². The minimum absolute atomic E-state index is 0.682. The van der Waals surface area contributed by atoms with Gasteiger partial charge < -0.3 is 10.6 Å². The van der Waals surface area contributed by atoms with Crippen molar-refractivity contribution < 1.29 is 0 Å². The summed E-state index contributed by atoms with van der Waals surface area (Å²) in [7, 11) is 0. The molecule has 2 rings (SSSR count). The molecule has 2 heteroatoms. The predicted octanol–water partition coefficient (Wildman–Crippen LogP) is 2.15. The van der Waals surface area contributed by atoms with E-state index in [0.717, 1.165) is 17.9 Å². The van der Waals surface area contributed by atoms with Gasteiger partial charge in [0.25, 0.3) is 0 Å². The van der Waals surface area contributed by atoms with E-state index in [2.05, 4.69) is 24.5 Å². The summed E-state index contributed by atoms with van der Waals surface area (Å²) in [5.41, 5.74) is 0. The quantitative estimate of drug-likeness (QED) is 0.702. The summed E-state index contributed by atoms with van der Waals surface area (Å²) in [6.07, 6.45) is 7.00. The highest BCUT2D eigenvalue weighted by Gasteiger charge is 2.27. The van der Waals surface area contributed by atoms with Crippen LogP contribution in [0.1, 0.15) is 46.0 Å². The Labute approximate surface area is 94.2 Å². The lowest BCUT2D eigenvalue weighted by Crippen LogP contribution is -2.36. The molecule has 0 spiro atoms. The largest absolute Gasteiger partial charge is 0.314 e. The van der Waals surface area contributed by atoms with Gasteiger partial charge in [-0.25, -0.2) is 0 Å². The average molecular weight is 210 g/mol. The maximum absolute atomic E-state index is 3.69. The van der Waals surface area contributed by atoms with Crippen LogP contribution >= 0.6 is 0 Å². The Balaban J connectivity index is 1.56. The SMILES string of the molecule is CC(CC1CCCN1)NCC(C)C1CC1. The first-order valence-corrected chi connectivity index (χ1v) is 6.72. The molecule has 0 aromatic rings. The summed E-state index contributed by atoms with van der Waals surface area (Å²) in [6.45, 7) is 7.18. The molecule has 3 unspecified atom stereocenters. The van der Waals surface area contributed by atoms with Crippen molar-refractivity contribution in [2.75, 3.05) is 13.1 Å². The van der Waals surface area contributed by atoms with Crippen LogP contribution in [0.4, 0.5) is 0 Å². The molecule has 2 nitrogen and oxygen atoms in total. The van der Waals surface area contributed by atoms with E-state index in [9.17, 15) is 0 Å². The summed E-state index contributed by atoms with van der Waals surface area (Å²) in [5.74, 6) is 1.93. The van der Waals surface area contributed by atoms with E-state index in [0.29, 0.717) is 6.04 Å². The van der Waals surface area contributed by atoms with Crippen LogP contribution in [0.5, 0.6) is 0 Å². The fraction of sp³-hybridized carbons (Fsp3) is 1.00. The summed E-state index contributed by atoms with van der Waals surface area (Å²) >= 11 is 0. The van der Waals surface area contributed by atoms with Crippen LogP contribution in [-0.2, 0) is 0 Å². The van der Waals surface area contributed by atoms with Crippen molar-refractivity contribution in [1.82, 2.24) is 10.6 Å². The van der Waals surface area contributed by atoms with Gasteiger partial charge >= 0.3 is 0 Å². The second kappa shape index (κ2) is 5.31. The van der Waals surface area contributed by atoms with Crippen molar-refractivity contribution >= 4 is 0 Å².